The average Bonchev–Trinajstić information content (AvgIpc) is 2.57. The molecule has 0 spiro atoms. The predicted octanol–water partition coefficient (Wildman–Crippen LogP) is 4.82. The van der Waals surface area contributed by atoms with Gasteiger partial charge in [0.2, 0.25) is 0 Å². The van der Waals surface area contributed by atoms with Crippen LogP contribution in [0.2, 0.25) is 0 Å². The minimum atomic E-state index is -3.43. The van der Waals surface area contributed by atoms with Crippen molar-refractivity contribution in [2.24, 2.45) is 0 Å². The normalized spacial score (nSPS) is 12.7. The van der Waals surface area contributed by atoms with Gasteiger partial charge in [-0.05, 0) is 0 Å². The first-order chi connectivity index (χ1) is 10.1. The predicted molar refractivity (Wildman–Crippen MR) is 96.9 cm³/mol. The number of rotatable bonds is 3. The molecule has 0 bridgehead atoms. The molecular weight excluding hydrogens is 421 g/mol. The summed E-state index contributed by atoms with van der Waals surface area (Å²) >= 11 is 14.5. The van der Waals surface area contributed by atoms with E-state index < -0.39 is 5.31 Å². The molecule has 3 aromatic carbocycles. The fourth-order valence-corrected chi connectivity index (χ4v) is 7.53. The summed E-state index contributed by atoms with van der Waals surface area (Å²) in [6.07, 6.45) is 0. The van der Waals surface area contributed by atoms with Gasteiger partial charge in [0.15, 0.2) is 0 Å². The van der Waals surface area contributed by atoms with E-state index >= 15 is 0 Å². The monoisotopic (exact) mass is 435 g/mol. The summed E-state index contributed by atoms with van der Waals surface area (Å²) in [4.78, 5) is 0. The van der Waals surface area contributed by atoms with E-state index in [4.69, 9.17) is 22.5 Å². The van der Waals surface area contributed by atoms with Crippen molar-refractivity contribution in [1.82, 2.24) is 0 Å². The van der Waals surface area contributed by atoms with Crippen LogP contribution in [0.5, 0.6) is 0 Å². The van der Waals surface area contributed by atoms with Crippen molar-refractivity contribution in [3.8, 4) is 0 Å². The van der Waals surface area contributed by atoms with Crippen LogP contribution in [-0.4, -0.2) is 0 Å². The Bertz CT molecular complexity index is 627. The summed E-state index contributed by atoms with van der Waals surface area (Å²) in [5, 5.41) is -0.543. The molecule has 0 fully saturated rings. The van der Waals surface area contributed by atoms with Gasteiger partial charge in [-0.1, -0.05) is 0 Å². The van der Waals surface area contributed by atoms with Gasteiger partial charge in [-0.3, -0.25) is 0 Å². The van der Waals surface area contributed by atoms with Crippen LogP contribution in [0.15, 0.2) is 91.0 Å². The van der Waals surface area contributed by atoms with Crippen molar-refractivity contribution < 1.29 is 19.5 Å². The molecule has 3 aromatic rings. The zero-order valence-corrected chi connectivity index (χ0v) is 15.7. The Morgan fingerprint density at radius 3 is 0.909 bits per heavy atom. The van der Waals surface area contributed by atoms with Gasteiger partial charge in [0.1, 0.15) is 0 Å². The molecule has 4 heteroatoms. The van der Waals surface area contributed by atoms with Crippen LogP contribution in [0.3, 0.4) is 0 Å². The van der Waals surface area contributed by atoms with Gasteiger partial charge in [0, 0.05) is 19.5 Å². The molecule has 0 atom stereocenters. The molecule has 0 aliphatic heterocycles. The Kier molecular flexibility index (Phi) is 5.47. The Hall–Kier alpha value is -0.707. The second kappa shape index (κ2) is 6.81. The maximum atomic E-state index is 7.27. The van der Waals surface area contributed by atoms with Crippen molar-refractivity contribution in [2.45, 2.75) is 0 Å². The van der Waals surface area contributed by atoms with Gasteiger partial charge in [0.05, 0.1) is 0 Å². The summed E-state index contributed by atoms with van der Waals surface area (Å²) in [5.74, 6) is 0. The van der Waals surface area contributed by atoms with Gasteiger partial charge in [0.25, 0.3) is 0 Å². The molecule has 0 saturated heterocycles. The quantitative estimate of drug-likeness (QED) is 0.408. The van der Waals surface area contributed by atoms with E-state index in [2.05, 4.69) is 0 Å². The molecule has 0 aromatic heterocycles. The Balaban J connectivity index is 0.00000176. The Morgan fingerprint density at radius 1 is 0.455 bits per heavy atom. The van der Waals surface area contributed by atoms with E-state index in [0.29, 0.717) is 0 Å². The number of benzene rings is 3. The van der Waals surface area contributed by atoms with Crippen LogP contribution in [0.4, 0.5) is 0 Å². The Morgan fingerprint density at radius 2 is 0.682 bits per heavy atom. The van der Waals surface area contributed by atoms with Crippen molar-refractivity contribution in [3.05, 3.63) is 91.0 Å². The summed E-state index contributed by atoms with van der Waals surface area (Å²) in [6.45, 7) is 0. The summed E-state index contributed by atoms with van der Waals surface area (Å²) < 4.78 is 0. The zero-order chi connectivity index (χ0) is 14.8. The summed E-state index contributed by atoms with van der Waals surface area (Å²) in [6, 6.07) is 29.9. The average molecular weight is 436 g/mol. The van der Waals surface area contributed by atoms with Gasteiger partial charge in [-0.15, -0.1) is 0 Å². The van der Waals surface area contributed by atoms with Crippen LogP contribution in [-0.2, 0) is 19.5 Å². The molecule has 0 N–H and O–H groups in total. The molecular formula is C18H15Cl2PRh. The van der Waals surface area contributed by atoms with E-state index in [-0.39, 0.29) is 19.5 Å². The molecule has 0 nitrogen and oxygen atoms in total. The first-order valence-electron chi connectivity index (χ1n) is 6.74. The van der Waals surface area contributed by atoms with Crippen molar-refractivity contribution in [2.75, 3.05) is 0 Å². The molecule has 0 aliphatic carbocycles. The van der Waals surface area contributed by atoms with Crippen molar-refractivity contribution >= 4 is 43.7 Å². The van der Waals surface area contributed by atoms with Gasteiger partial charge < -0.3 is 0 Å². The standard InChI is InChI=1S/C18H15Cl2P.Rh/c19-21(20,16-10-4-1-5-11-16,17-12-6-2-7-13-17)18-14-8-3-9-15-18;/h1-15H;. The molecule has 0 heterocycles. The summed E-state index contributed by atoms with van der Waals surface area (Å²) in [5.41, 5.74) is 0. The van der Waals surface area contributed by atoms with Gasteiger partial charge >= 0.3 is 135 Å². The van der Waals surface area contributed by atoms with Crippen LogP contribution >= 0.6 is 27.8 Å². The van der Waals surface area contributed by atoms with Crippen LogP contribution < -0.4 is 15.9 Å². The fourth-order valence-electron chi connectivity index (χ4n) is 2.52. The first-order valence-corrected chi connectivity index (χ1v) is 10.8. The SMILES string of the molecule is ClP(Cl)(c1ccccc1)(c1ccccc1)c1ccccc1.[Rh]. The number of hydrogen-bond acceptors (Lipinski definition) is 0. The molecule has 0 unspecified atom stereocenters. The minimum absolute atomic E-state index is 0. The molecule has 0 amide bonds. The minimum Gasteiger partial charge on any atom is 0 e. The molecule has 0 aliphatic rings. The molecule has 115 valence electrons. The molecule has 22 heavy (non-hydrogen) atoms. The molecule has 1 radical (unpaired) electrons. The largest absolute Gasteiger partial charge is 0 e. The fraction of sp³-hybridized carbons (Fsp3) is 0. The maximum Gasteiger partial charge on any atom is 0 e. The topological polar surface area (TPSA) is 0 Å². The van der Waals surface area contributed by atoms with Crippen LogP contribution in [0.25, 0.3) is 0 Å². The molecule has 0 saturated carbocycles. The van der Waals surface area contributed by atoms with E-state index in [9.17, 15) is 0 Å². The van der Waals surface area contributed by atoms with Crippen molar-refractivity contribution in [1.29, 1.82) is 0 Å². The number of hydrogen-bond donors (Lipinski definition) is 0. The third-order valence-electron chi connectivity index (χ3n) is 3.63. The zero-order valence-electron chi connectivity index (χ0n) is 11.7. The van der Waals surface area contributed by atoms with Gasteiger partial charge in [-0.2, -0.15) is 0 Å². The molecule has 3 rings (SSSR count). The maximum absolute atomic E-state index is 7.27. The first kappa shape index (κ1) is 17.6. The smallest absolute Gasteiger partial charge is 0 e. The third kappa shape index (κ3) is 2.89. The van der Waals surface area contributed by atoms with Crippen LogP contribution in [0, 0.1) is 0 Å². The number of halogens is 2. The second-order valence-corrected chi connectivity index (χ2v) is 12.9. The van der Waals surface area contributed by atoms with Crippen LogP contribution in [0.1, 0.15) is 0 Å². The van der Waals surface area contributed by atoms with Crippen molar-refractivity contribution in [3.63, 3.8) is 0 Å². The summed E-state index contributed by atoms with van der Waals surface area (Å²) in [7, 11) is 0. The second-order valence-electron chi connectivity index (χ2n) is 4.91. The van der Waals surface area contributed by atoms with E-state index in [1.807, 2.05) is 91.0 Å². The van der Waals surface area contributed by atoms with Gasteiger partial charge in [-0.25, -0.2) is 0 Å². The third-order valence-corrected chi connectivity index (χ3v) is 10.8. The van der Waals surface area contributed by atoms with E-state index in [1.54, 1.807) is 0 Å². The Labute approximate surface area is 153 Å². The van der Waals surface area contributed by atoms with E-state index in [1.165, 1.54) is 0 Å². The van der Waals surface area contributed by atoms with E-state index in [0.717, 1.165) is 15.9 Å².